The first kappa shape index (κ1) is 31.4. The van der Waals surface area contributed by atoms with E-state index < -0.39 is 29.8 Å². The van der Waals surface area contributed by atoms with Gasteiger partial charge >= 0.3 is 12.0 Å². The Morgan fingerprint density at radius 2 is 1.77 bits per heavy atom. The number of unbranched alkanes of at least 4 members (excludes halogenated alkanes) is 9. The van der Waals surface area contributed by atoms with Gasteiger partial charge in [-0.1, -0.05) is 77.6 Å². The van der Waals surface area contributed by atoms with Crippen LogP contribution in [-0.4, -0.2) is 61.4 Å². The maximum atomic E-state index is 14.4. The molecular formula is C29H42FN5O5. The molecule has 220 valence electrons. The minimum Gasteiger partial charge on any atom is -0.461 e. The van der Waals surface area contributed by atoms with Gasteiger partial charge in [-0.25, -0.2) is 4.98 Å². The number of amides is 1. The SMILES string of the molecule is C#C[C@]1(COC(=O)CCCCCC)OCC(n2cnc3c(NC(=O)CCCCCCCCC)nc(F)nc32)[C@@H]1O. The molecule has 0 aliphatic carbocycles. The molecule has 3 rings (SSSR count). The second-order valence-electron chi connectivity index (χ2n) is 10.4. The summed E-state index contributed by atoms with van der Waals surface area (Å²) in [4.78, 5) is 36.6. The lowest BCUT2D eigenvalue weighted by atomic mass is 9.96. The van der Waals surface area contributed by atoms with Crippen molar-refractivity contribution in [1.29, 1.82) is 0 Å². The predicted octanol–water partition coefficient (Wildman–Crippen LogP) is 4.86. The highest BCUT2D eigenvalue weighted by atomic mass is 19.1. The summed E-state index contributed by atoms with van der Waals surface area (Å²) in [5.74, 6) is 1.71. The first-order valence-electron chi connectivity index (χ1n) is 14.5. The minimum atomic E-state index is -1.57. The third-order valence-corrected chi connectivity index (χ3v) is 7.30. The number of esters is 1. The molecule has 0 saturated carbocycles. The minimum absolute atomic E-state index is 0.0391. The number of aromatic nitrogens is 4. The monoisotopic (exact) mass is 559 g/mol. The van der Waals surface area contributed by atoms with E-state index in [1.165, 1.54) is 30.2 Å². The summed E-state index contributed by atoms with van der Waals surface area (Å²) in [6.45, 7) is 3.90. The van der Waals surface area contributed by atoms with Gasteiger partial charge in [0.15, 0.2) is 22.6 Å². The molecule has 1 unspecified atom stereocenters. The quantitative estimate of drug-likeness (QED) is 0.122. The van der Waals surface area contributed by atoms with Crippen molar-refractivity contribution in [2.75, 3.05) is 18.5 Å². The Morgan fingerprint density at radius 3 is 2.48 bits per heavy atom. The Morgan fingerprint density at radius 1 is 1.12 bits per heavy atom. The molecule has 3 heterocycles. The van der Waals surface area contributed by atoms with E-state index in [1.54, 1.807) is 0 Å². The van der Waals surface area contributed by atoms with Crippen LogP contribution in [0.2, 0.25) is 0 Å². The number of ether oxygens (including phenoxy) is 2. The molecule has 0 spiro atoms. The summed E-state index contributed by atoms with van der Waals surface area (Å²) in [6.07, 6.45) is 16.6. The van der Waals surface area contributed by atoms with Crippen LogP contribution in [-0.2, 0) is 19.1 Å². The zero-order valence-electron chi connectivity index (χ0n) is 23.7. The molecule has 40 heavy (non-hydrogen) atoms. The van der Waals surface area contributed by atoms with E-state index in [0.717, 1.165) is 44.9 Å². The Labute approximate surface area is 235 Å². The number of carbonyl (C=O) groups is 2. The van der Waals surface area contributed by atoms with Crippen LogP contribution < -0.4 is 5.32 Å². The zero-order valence-corrected chi connectivity index (χ0v) is 23.7. The van der Waals surface area contributed by atoms with Crippen LogP contribution in [0.15, 0.2) is 6.33 Å². The number of halogens is 1. The first-order chi connectivity index (χ1) is 19.3. The van der Waals surface area contributed by atoms with Crippen LogP contribution in [0.4, 0.5) is 10.2 Å². The largest absolute Gasteiger partial charge is 0.461 e. The van der Waals surface area contributed by atoms with Gasteiger partial charge in [-0.15, -0.1) is 6.42 Å². The van der Waals surface area contributed by atoms with Crippen molar-refractivity contribution in [2.45, 2.75) is 115 Å². The number of aliphatic hydroxyl groups excluding tert-OH is 1. The molecule has 1 saturated heterocycles. The maximum absolute atomic E-state index is 14.4. The Bertz CT molecular complexity index is 1170. The number of nitrogens with zero attached hydrogens (tertiary/aromatic N) is 4. The maximum Gasteiger partial charge on any atom is 0.312 e. The molecule has 11 heteroatoms. The number of hydrogen-bond acceptors (Lipinski definition) is 8. The molecule has 0 bridgehead atoms. The molecule has 2 aromatic rings. The van der Waals surface area contributed by atoms with E-state index >= 15 is 0 Å². The fraction of sp³-hybridized carbons (Fsp3) is 0.690. The molecule has 1 amide bonds. The number of carbonyl (C=O) groups excluding carboxylic acids is 2. The van der Waals surface area contributed by atoms with Crippen LogP contribution in [0.1, 0.15) is 103 Å². The van der Waals surface area contributed by atoms with Crippen LogP contribution in [0, 0.1) is 18.4 Å². The van der Waals surface area contributed by atoms with Gasteiger partial charge in [-0.05, 0) is 12.8 Å². The zero-order chi connectivity index (χ0) is 29.0. The van der Waals surface area contributed by atoms with Crippen molar-refractivity contribution in [1.82, 2.24) is 19.5 Å². The summed E-state index contributed by atoms with van der Waals surface area (Å²) in [6, 6.07) is -0.783. The molecule has 3 atom stereocenters. The standard InChI is InChI=1S/C29H42FN5O5/c1-4-7-9-11-12-13-14-16-22(36)32-26-24-27(34-28(30)33-26)35(20-31-24)21-18-40-29(6-3,25(21)38)19-39-23(37)17-15-10-8-5-2/h3,20-21,25,38H,4-5,7-19H2,1-2H3,(H,32,33,34,36)/t21?,25-,29+/m0/s1. The van der Waals surface area contributed by atoms with E-state index in [-0.39, 0.29) is 42.5 Å². The smallest absolute Gasteiger partial charge is 0.312 e. The van der Waals surface area contributed by atoms with Gasteiger partial charge in [0.25, 0.3) is 0 Å². The second kappa shape index (κ2) is 15.6. The van der Waals surface area contributed by atoms with Crippen LogP contribution >= 0.6 is 0 Å². The lowest BCUT2D eigenvalue weighted by Crippen LogP contribution is -2.45. The molecule has 0 radical (unpaired) electrons. The highest BCUT2D eigenvalue weighted by molar-refractivity contribution is 5.96. The number of rotatable bonds is 17. The van der Waals surface area contributed by atoms with Crippen molar-refractivity contribution in [3.63, 3.8) is 0 Å². The van der Waals surface area contributed by atoms with Gasteiger partial charge in [0, 0.05) is 12.8 Å². The van der Waals surface area contributed by atoms with Crippen molar-refractivity contribution >= 4 is 28.9 Å². The lowest BCUT2D eigenvalue weighted by Gasteiger charge is -2.27. The lowest BCUT2D eigenvalue weighted by molar-refractivity contribution is -0.152. The van der Waals surface area contributed by atoms with Crippen molar-refractivity contribution in [3.05, 3.63) is 12.4 Å². The predicted molar refractivity (Wildman–Crippen MR) is 149 cm³/mol. The number of imidazole rings is 1. The molecule has 1 fully saturated rings. The Hall–Kier alpha value is -3.10. The molecule has 1 aliphatic heterocycles. The normalized spacial score (nSPS) is 20.5. The van der Waals surface area contributed by atoms with Crippen molar-refractivity contribution in [3.8, 4) is 12.3 Å². The van der Waals surface area contributed by atoms with Gasteiger partial charge in [0.2, 0.25) is 5.91 Å². The number of anilines is 1. The van der Waals surface area contributed by atoms with Gasteiger partial charge in [-0.3, -0.25) is 9.59 Å². The summed E-state index contributed by atoms with van der Waals surface area (Å²) in [7, 11) is 0. The number of nitrogens with one attached hydrogen (secondary N) is 1. The third kappa shape index (κ3) is 8.21. The molecule has 1 aliphatic rings. The van der Waals surface area contributed by atoms with E-state index in [4.69, 9.17) is 15.9 Å². The Kier molecular flexibility index (Phi) is 12.3. The highest BCUT2D eigenvalue weighted by Gasteiger charge is 2.50. The van der Waals surface area contributed by atoms with Crippen molar-refractivity contribution < 1.29 is 28.6 Å². The molecule has 10 nitrogen and oxygen atoms in total. The molecule has 0 aromatic carbocycles. The third-order valence-electron chi connectivity index (χ3n) is 7.30. The summed E-state index contributed by atoms with van der Waals surface area (Å²) in [5.41, 5.74) is -1.31. The summed E-state index contributed by atoms with van der Waals surface area (Å²) in [5, 5.41) is 13.8. The number of fused-ring (bicyclic) bond motifs is 1. The van der Waals surface area contributed by atoms with E-state index in [0.29, 0.717) is 12.8 Å². The van der Waals surface area contributed by atoms with Gasteiger partial charge in [0.05, 0.1) is 19.0 Å². The van der Waals surface area contributed by atoms with E-state index in [9.17, 15) is 19.1 Å². The fourth-order valence-electron chi connectivity index (χ4n) is 4.86. The first-order valence-corrected chi connectivity index (χ1v) is 14.5. The molecular weight excluding hydrogens is 517 g/mol. The topological polar surface area (TPSA) is 128 Å². The Balaban J connectivity index is 1.63. The molecule has 2 N–H and O–H groups in total. The van der Waals surface area contributed by atoms with Crippen molar-refractivity contribution in [2.24, 2.45) is 0 Å². The van der Waals surface area contributed by atoms with Crippen LogP contribution in [0.5, 0.6) is 0 Å². The van der Waals surface area contributed by atoms with Gasteiger partial charge in [-0.2, -0.15) is 14.4 Å². The highest BCUT2D eigenvalue weighted by Crippen LogP contribution is 2.36. The molecule has 2 aromatic heterocycles. The van der Waals surface area contributed by atoms with Gasteiger partial charge < -0.3 is 24.5 Å². The van der Waals surface area contributed by atoms with Crippen LogP contribution in [0.3, 0.4) is 0 Å². The average Bonchev–Trinajstić information content (AvgIpc) is 3.50. The van der Waals surface area contributed by atoms with Gasteiger partial charge in [0.1, 0.15) is 12.7 Å². The summed E-state index contributed by atoms with van der Waals surface area (Å²) >= 11 is 0. The number of aliphatic hydroxyl groups is 1. The fourth-order valence-corrected chi connectivity index (χ4v) is 4.86. The number of hydrogen-bond donors (Lipinski definition) is 2. The number of terminal acetylenes is 1. The average molecular weight is 560 g/mol. The summed E-state index contributed by atoms with van der Waals surface area (Å²) < 4.78 is 27.0. The van der Waals surface area contributed by atoms with E-state index in [2.05, 4.69) is 40.0 Å². The van der Waals surface area contributed by atoms with E-state index in [1.807, 2.05) is 0 Å². The van der Waals surface area contributed by atoms with Crippen LogP contribution in [0.25, 0.3) is 11.2 Å². The second-order valence-corrected chi connectivity index (χ2v) is 10.4.